The molecule has 1 aromatic carbocycles. The Bertz CT molecular complexity index is 675. The first-order valence-corrected chi connectivity index (χ1v) is 5.05. The summed E-state index contributed by atoms with van der Waals surface area (Å²) in [6.45, 7) is 0. The quantitative estimate of drug-likeness (QED) is 0.795. The Morgan fingerprint density at radius 1 is 1.05 bits per heavy atom. The first-order chi connectivity index (χ1) is 8.82. The molecule has 1 heterocycles. The summed E-state index contributed by atoms with van der Waals surface area (Å²) in [7, 11) is 0. The molecule has 2 rings (SSSR count). The summed E-state index contributed by atoms with van der Waals surface area (Å²) in [6.07, 6.45) is -4.08. The Labute approximate surface area is 103 Å². The number of aromatic amines is 1. The van der Waals surface area contributed by atoms with Crippen molar-refractivity contribution >= 4 is 0 Å². The summed E-state index contributed by atoms with van der Waals surface area (Å²) < 4.78 is 64.9. The van der Waals surface area contributed by atoms with Crippen LogP contribution in [-0.2, 0) is 6.18 Å². The first-order valence-electron chi connectivity index (χ1n) is 5.05. The van der Waals surface area contributed by atoms with Crippen molar-refractivity contribution in [3.8, 4) is 11.1 Å². The Kier molecular flexibility index (Phi) is 3.13. The van der Waals surface area contributed by atoms with E-state index in [1.807, 2.05) is 4.98 Å². The van der Waals surface area contributed by atoms with E-state index in [9.17, 15) is 26.7 Å². The molecule has 100 valence electrons. The molecule has 7 heteroatoms. The topological polar surface area (TPSA) is 32.9 Å². The molecule has 0 aliphatic heterocycles. The van der Waals surface area contributed by atoms with Crippen molar-refractivity contribution in [2.45, 2.75) is 6.18 Å². The van der Waals surface area contributed by atoms with Crippen LogP contribution in [0.5, 0.6) is 0 Å². The first kappa shape index (κ1) is 13.3. The second-order valence-corrected chi connectivity index (χ2v) is 3.69. The van der Waals surface area contributed by atoms with Gasteiger partial charge in [0.1, 0.15) is 5.69 Å². The van der Waals surface area contributed by atoms with Gasteiger partial charge in [-0.2, -0.15) is 13.2 Å². The lowest BCUT2D eigenvalue weighted by molar-refractivity contribution is -0.140. The minimum absolute atomic E-state index is 0.728. The van der Waals surface area contributed by atoms with E-state index in [4.69, 9.17) is 0 Å². The van der Waals surface area contributed by atoms with Crippen molar-refractivity contribution in [3.63, 3.8) is 0 Å². The fourth-order valence-corrected chi connectivity index (χ4v) is 1.67. The van der Waals surface area contributed by atoms with Gasteiger partial charge in [-0.15, -0.1) is 0 Å². The van der Waals surface area contributed by atoms with E-state index in [-0.39, 0.29) is 0 Å². The van der Waals surface area contributed by atoms with Gasteiger partial charge in [0.05, 0.1) is 5.56 Å². The number of halogens is 5. The molecule has 0 amide bonds. The molecule has 2 nitrogen and oxygen atoms in total. The van der Waals surface area contributed by atoms with Crippen molar-refractivity contribution in [2.75, 3.05) is 0 Å². The standard InChI is InChI=1S/C12H6F5NO/c13-7-3-1-2-6(10(7)14)9-8(19)4-5-18-11(9)12(15,16)17/h1-5H,(H,18,19). The molecule has 0 saturated heterocycles. The van der Waals surface area contributed by atoms with Gasteiger partial charge in [-0.3, -0.25) is 4.79 Å². The van der Waals surface area contributed by atoms with E-state index in [1.165, 1.54) is 0 Å². The van der Waals surface area contributed by atoms with Crippen LogP contribution >= 0.6 is 0 Å². The predicted molar refractivity (Wildman–Crippen MR) is 57.4 cm³/mol. The maximum Gasteiger partial charge on any atom is 0.431 e. The van der Waals surface area contributed by atoms with Gasteiger partial charge < -0.3 is 4.98 Å². The molecule has 1 aromatic heterocycles. The second-order valence-electron chi connectivity index (χ2n) is 3.69. The summed E-state index contributed by atoms with van der Waals surface area (Å²) in [5, 5.41) is 0. The van der Waals surface area contributed by atoms with Crippen LogP contribution in [0.25, 0.3) is 11.1 Å². The number of rotatable bonds is 1. The Morgan fingerprint density at radius 3 is 2.37 bits per heavy atom. The van der Waals surface area contributed by atoms with E-state index >= 15 is 0 Å². The highest BCUT2D eigenvalue weighted by molar-refractivity contribution is 5.67. The van der Waals surface area contributed by atoms with Gasteiger partial charge >= 0.3 is 6.18 Å². The zero-order valence-corrected chi connectivity index (χ0v) is 9.18. The van der Waals surface area contributed by atoms with E-state index < -0.39 is 40.1 Å². The maximum absolute atomic E-state index is 13.5. The number of benzene rings is 1. The maximum atomic E-state index is 13.5. The fraction of sp³-hybridized carbons (Fsp3) is 0.0833. The van der Waals surface area contributed by atoms with Gasteiger partial charge in [-0.05, 0) is 6.07 Å². The molecule has 0 radical (unpaired) electrons. The molecule has 0 spiro atoms. The molecule has 0 aliphatic carbocycles. The van der Waals surface area contributed by atoms with Gasteiger partial charge in [0.25, 0.3) is 0 Å². The minimum Gasteiger partial charge on any atom is -0.357 e. The van der Waals surface area contributed by atoms with Crippen LogP contribution in [0.1, 0.15) is 5.69 Å². The Balaban J connectivity index is 2.83. The largest absolute Gasteiger partial charge is 0.431 e. The number of hydrogen-bond acceptors (Lipinski definition) is 1. The third-order valence-corrected chi connectivity index (χ3v) is 2.46. The van der Waals surface area contributed by atoms with E-state index in [1.54, 1.807) is 0 Å². The number of aromatic nitrogens is 1. The fourth-order valence-electron chi connectivity index (χ4n) is 1.67. The second kappa shape index (κ2) is 4.49. The predicted octanol–water partition coefficient (Wildman–Crippen LogP) is 3.34. The van der Waals surface area contributed by atoms with Crippen LogP contribution in [0.4, 0.5) is 22.0 Å². The zero-order valence-electron chi connectivity index (χ0n) is 9.18. The lowest BCUT2D eigenvalue weighted by Crippen LogP contribution is -2.17. The molecule has 0 atom stereocenters. The molecule has 0 aliphatic rings. The van der Waals surface area contributed by atoms with Crippen molar-refractivity contribution in [1.29, 1.82) is 0 Å². The number of pyridine rings is 1. The average Bonchev–Trinajstić information content (AvgIpc) is 2.32. The van der Waals surface area contributed by atoms with Crippen LogP contribution in [0.3, 0.4) is 0 Å². The summed E-state index contributed by atoms with van der Waals surface area (Å²) in [4.78, 5) is 13.4. The van der Waals surface area contributed by atoms with Gasteiger partial charge in [0.15, 0.2) is 17.1 Å². The van der Waals surface area contributed by atoms with Crippen LogP contribution in [0, 0.1) is 11.6 Å². The summed E-state index contributed by atoms with van der Waals surface area (Å²) >= 11 is 0. The molecule has 0 saturated carbocycles. The smallest absolute Gasteiger partial charge is 0.357 e. The van der Waals surface area contributed by atoms with Crippen molar-refractivity contribution in [1.82, 2.24) is 4.98 Å². The number of hydrogen-bond donors (Lipinski definition) is 1. The van der Waals surface area contributed by atoms with Gasteiger partial charge in [0.2, 0.25) is 0 Å². The van der Waals surface area contributed by atoms with Crippen LogP contribution in [-0.4, -0.2) is 4.98 Å². The normalized spacial score (nSPS) is 11.6. The van der Waals surface area contributed by atoms with E-state index in [0.717, 1.165) is 30.5 Å². The van der Waals surface area contributed by atoms with Crippen molar-refractivity contribution < 1.29 is 22.0 Å². The monoisotopic (exact) mass is 275 g/mol. The number of H-pyrrole nitrogens is 1. The molecule has 0 fully saturated rings. The van der Waals surface area contributed by atoms with Crippen LogP contribution in [0.2, 0.25) is 0 Å². The minimum atomic E-state index is -4.88. The molecular weight excluding hydrogens is 269 g/mol. The Morgan fingerprint density at radius 2 is 1.74 bits per heavy atom. The van der Waals surface area contributed by atoms with Gasteiger partial charge in [-0.1, -0.05) is 12.1 Å². The SMILES string of the molecule is O=c1cc[nH]c(C(F)(F)F)c1-c1cccc(F)c1F. The zero-order chi connectivity index (χ0) is 14.2. The van der Waals surface area contributed by atoms with Crippen molar-refractivity contribution in [3.05, 3.63) is 58.0 Å². The van der Waals surface area contributed by atoms with Crippen LogP contribution < -0.4 is 5.43 Å². The number of alkyl halides is 3. The average molecular weight is 275 g/mol. The molecule has 0 unspecified atom stereocenters. The third kappa shape index (κ3) is 2.35. The molecule has 0 bridgehead atoms. The number of nitrogens with one attached hydrogen (secondary N) is 1. The Hall–Kier alpha value is -2.18. The summed E-state index contributed by atoms with van der Waals surface area (Å²) in [5.41, 5.74) is -4.12. The van der Waals surface area contributed by atoms with E-state index in [0.29, 0.717) is 0 Å². The van der Waals surface area contributed by atoms with Gasteiger partial charge in [0, 0.05) is 17.8 Å². The lowest BCUT2D eigenvalue weighted by Gasteiger charge is -2.12. The van der Waals surface area contributed by atoms with Gasteiger partial charge in [-0.25, -0.2) is 8.78 Å². The van der Waals surface area contributed by atoms with Crippen molar-refractivity contribution in [2.24, 2.45) is 0 Å². The highest BCUT2D eigenvalue weighted by atomic mass is 19.4. The summed E-state index contributed by atoms with van der Waals surface area (Å²) in [6, 6.07) is 3.51. The molecule has 1 N–H and O–H groups in total. The van der Waals surface area contributed by atoms with Crippen LogP contribution in [0.15, 0.2) is 35.3 Å². The third-order valence-electron chi connectivity index (χ3n) is 2.46. The highest BCUT2D eigenvalue weighted by Crippen LogP contribution is 2.34. The molecular formula is C12H6F5NO. The summed E-state index contributed by atoms with van der Waals surface area (Å²) in [5.74, 6) is -2.82. The molecule has 19 heavy (non-hydrogen) atoms. The molecule has 2 aromatic rings. The lowest BCUT2D eigenvalue weighted by atomic mass is 10.0. The highest BCUT2D eigenvalue weighted by Gasteiger charge is 2.36. The van der Waals surface area contributed by atoms with E-state index in [2.05, 4.69) is 0 Å².